The number of aromatic amines is 1. The number of benzene rings is 3. The molecule has 12 nitrogen and oxygen atoms in total. The van der Waals surface area contributed by atoms with Crippen LogP contribution >= 0.6 is 7.60 Å². The Bertz CT molecular complexity index is 1810. The lowest BCUT2D eigenvalue weighted by atomic mass is 10.1. The van der Waals surface area contributed by atoms with Gasteiger partial charge in [0.05, 0.1) is 0 Å². The van der Waals surface area contributed by atoms with E-state index in [1.165, 1.54) is 29.6 Å². The van der Waals surface area contributed by atoms with Crippen molar-refractivity contribution >= 4 is 48.3 Å². The molecule has 1 saturated heterocycles. The van der Waals surface area contributed by atoms with E-state index in [1.54, 1.807) is 11.9 Å². The lowest BCUT2D eigenvalue weighted by Gasteiger charge is -2.22. The number of carbonyl (C=O) groups is 4. The van der Waals surface area contributed by atoms with Gasteiger partial charge in [-0.25, -0.2) is 0 Å². The van der Waals surface area contributed by atoms with E-state index in [0.717, 1.165) is 56.6 Å². The lowest BCUT2D eigenvalue weighted by Crippen LogP contribution is -2.36. The molecular weight excluding hydrogens is 719 g/mol. The van der Waals surface area contributed by atoms with Crippen LogP contribution in [0.1, 0.15) is 68.1 Å². The summed E-state index contributed by atoms with van der Waals surface area (Å²) in [6.45, 7) is 8.95. The number of amides is 4. The minimum Gasteiger partial charge on any atom is -0.354 e. The number of likely N-dealkylation sites (tertiary alicyclic amines) is 1. The number of alkyl halides is 2. The number of rotatable bonds is 12. The number of aryl methyl sites for hydroxylation is 1. The molecule has 1 aromatic heterocycles. The van der Waals surface area contributed by atoms with E-state index in [0.29, 0.717) is 31.4 Å². The quantitative estimate of drug-likeness (QED) is 0.0939. The standard InChI is InChI=1S/C18H26N2O2.C11H11F2N2O4P.C8H9NO.C2H6/c1-2-19(15-12-18(22)20-13-6-7-14-20)17(21)11-10-16-8-4-3-5-9-16;1-14-10(16)9-5-6-4-7(2-3-8(6)15-9)11(12,13)20(17,18)19;1-9(7-10)8-5-3-2-4-6-8;1-2/h3-5,8-9H,2,6-7,10-15H2,1H3;2-5,15H,1H3,(H,14,16)(H2,17,18,19);2-7H,1H3;1-2H3. The highest BCUT2D eigenvalue weighted by molar-refractivity contribution is 7.52. The first-order chi connectivity index (χ1) is 25.7. The molecule has 0 aliphatic carbocycles. The number of aromatic nitrogens is 1. The van der Waals surface area contributed by atoms with Gasteiger partial charge in [0.2, 0.25) is 18.2 Å². The van der Waals surface area contributed by atoms with Gasteiger partial charge in [-0.3, -0.25) is 23.7 Å². The van der Waals surface area contributed by atoms with Gasteiger partial charge in [0.25, 0.3) is 5.91 Å². The van der Waals surface area contributed by atoms with Crippen LogP contribution < -0.4 is 10.2 Å². The summed E-state index contributed by atoms with van der Waals surface area (Å²) in [5.74, 6) is -0.100. The fourth-order valence-corrected chi connectivity index (χ4v) is 5.81. The fraction of sp³-hybridized carbons (Fsp3) is 0.385. The SMILES string of the molecule is CC.CCN(CCC(=O)N1CCCC1)C(=O)CCc1ccccc1.CN(C=O)c1ccccc1.CNC(=O)c1cc2cc(C(F)(F)P(=O)(O)O)ccc2[nH]1. The minimum absolute atomic E-state index is 0.139. The zero-order valence-electron chi connectivity index (χ0n) is 31.5. The van der Waals surface area contributed by atoms with Crippen LogP contribution in [0.4, 0.5) is 14.5 Å². The summed E-state index contributed by atoms with van der Waals surface area (Å²) < 4.78 is 38.0. The Hall–Kier alpha value is -4.91. The molecule has 0 atom stereocenters. The summed E-state index contributed by atoms with van der Waals surface area (Å²) in [5.41, 5.74) is -2.41. The number of nitrogens with zero attached hydrogens (tertiary/aromatic N) is 3. The summed E-state index contributed by atoms with van der Waals surface area (Å²) >= 11 is 0. The monoisotopic (exact) mass is 771 g/mol. The van der Waals surface area contributed by atoms with Gasteiger partial charge in [-0.1, -0.05) is 68.4 Å². The highest BCUT2D eigenvalue weighted by Crippen LogP contribution is 2.59. The molecule has 1 fully saturated rings. The first-order valence-corrected chi connectivity index (χ1v) is 19.4. The highest BCUT2D eigenvalue weighted by atomic mass is 31.2. The molecule has 4 amide bonds. The molecule has 0 saturated carbocycles. The third kappa shape index (κ3) is 13.5. The normalized spacial score (nSPS) is 12.2. The topological polar surface area (TPSA) is 163 Å². The average molecular weight is 772 g/mol. The summed E-state index contributed by atoms with van der Waals surface area (Å²) in [6.07, 6.45) is 4.73. The maximum atomic E-state index is 13.6. The Morgan fingerprint density at radius 1 is 0.944 bits per heavy atom. The van der Waals surface area contributed by atoms with Gasteiger partial charge in [-0.2, -0.15) is 8.78 Å². The van der Waals surface area contributed by atoms with Crippen LogP contribution in [0.3, 0.4) is 0 Å². The molecule has 294 valence electrons. The molecule has 4 N–H and O–H groups in total. The van der Waals surface area contributed by atoms with Gasteiger partial charge in [0.1, 0.15) is 5.69 Å². The Morgan fingerprint density at radius 3 is 2.07 bits per heavy atom. The zero-order valence-corrected chi connectivity index (χ0v) is 32.4. The van der Waals surface area contributed by atoms with Crippen LogP contribution in [-0.4, -0.2) is 89.0 Å². The zero-order chi connectivity index (χ0) is 40.3. The number of hydrogen-bond donors (Lipinski definition) is 4. The second-order valence-electron chi connectivity index (χ2n) is 12.0. The van der Waals surface area contributed by atoms with Crippen LogP contribution in [0.5, 0.6) is 0 Å². The Labute approximate surface area is 315 Å². The molecular formula is C39H52F2N5O7P. The number of hydrogen-bond acceptors (Lipinski definition) is 5. The number of anilines is 1. The number of carbonyl (C=O) groups excluding carboxylic acids is 4. The van der Waals surface area contributed by atoms with Crippen molar-refractivity contribution < 1.29 is 42.3 Å². The molecule has 0 radical (unpaired) electrons. The maximum Gasteiger partial charge on any atom is 0.399 e. The maximum absolute atomic E-state index is 13.6. The van der Waals surface area contributed by atoms with Crippen LogP contribution in [-0.2, 0) is 31.0 Å². The van der Waals surface area contributed by atoms with Crippen molar-refractivity contribution in [3.63, 3.8) is 0 Å². The van der Waals surface area contributed by atoms with Crippen LogP contribution in [0.2, 0.25) is 0 Å². The van der Waals surface area contributed by atoms with Crippen LogP contribution in [0.15, 0.2) is 84.9 Å². The van der Waals surface area contributed by atoms with Crippen molar-refractivity contribution in [3.8, 4) is 0 Å². The number of para-hydroxylation sites is 1. The average Bonchev–Trinajstić information content (AvgIpc) is 3.89. The Kier molecular flexibility index (Phi) is 18.7. The predicted octanol–water partition coefficient (Wildman–Crippen LogP) is 6.54. The predicted molar refractivity (Wildman–Crippen MR) is 207 cm³/mol. The molecule has 0 spiro atoms. The molecule has 3 aromatic carbocycles. The first-order valence-electron chi connectivity index (χ1n) is 17.8. The summed E-state index contributed by atoms with van der Waals surface area (Å²) in [6, 6.07) is 23.9. The highest BCUT2D eigenvalue weighted by Gasteiger charge is 2.50. The van der Waals surface area contributed by atoms with Crippen molar-refractivity contribution in [2.45, 2.75) is 58.5 Å². The second-order valence-corrected chi connectivity index (χ2v) is 13.6. The van der Waals surface area contributed by atoms with Crippen LogP contribution in [0, 0.1) is 0 Å². The summed E-state index contributed by atoms with van der Waals surface area (Å²) in [5, 5.41) is 2.63. The van der Waals surface area contributed by atoms with Crippen molar-refractivity contribution in [1.29, 1.82) is 0 Å². The van der Waals surface area contributed by atoms with Crippen molar-refractivity contribution in [3.05, 3.63) is 102 Å². The molecule has 0 unspecified atom stereocenters. The van der Waals surface area contributed by atoms with E-state index in [2.05, 4.69) is 10.3 Å². The van der Waals surface area contributed by atoms with E-state index in [1.807, 2.05) is 86.3 Å². The third-order valence-corrected chi connectivity index (χ3v) is 9.38. The molecule has 5 rings (SSSR count). The van der Waals surface area contributed by atoms with Crippen LogP contribution in [0.25, 0.3) is 10.9 Å². The van der Waals surface area contributed by atoms with Gasteiger partial charge >= 0.3 is 13.3 Å². The van der Waals surface area contributed by atoms with E-state index < -0.39 is 24.7 Å². The van der Waals surface area contributed by atoms with Gasteiger partial charge in [0, 0.05) is 75.3 Å². The number of fused-ring (bicyclic) bond motifs is 1. The van der Waals surface area contributed by atoms with Gasteiger partial charge in [-0.15, -0.1) is 0 Å². The molecule has 4 aromatic rings. The summed E-state index contributed by atoms with van der Waals surface area (Å²) in [4.78, 5) is 71.3. The van der Waals surface area contributed by atoms with Gasteiger partial charge in [0.15, 0.2) is 0 Å². The van der Waals surface area contributed by atoms with E-state index >= 15 is 0 Å². The molecule has 1 aliphatic rings. The Balaban J connectivity index is 0.000000290. The van der Waals surface area contributed by atoms with Gasteiger partial charge in [-0.05, 0) is 62.1 Å². The smallest absolute Gasteiger partial charge is 0.354 e. The molecule has 15 heteroatoms. The number of nitrogens with one attached hydrogen (secondary N) is 2. The largest absolute Gasteiger partial charge is 0.399 e. The summed E-state index contributed by atoms with van der Waals surface area (Å²) in [7, 11) is -2.47. The van der Waals surface area contributed by atoms with Crippen molar-refractivity contribution in [2.75, 3.05) is 45.2 Å². The van der Waals surface area contributed by atoms with E-state index in [9.17, 15) is 32.5 Å². The molecule has 2 heterocycles. The second kappa shape index (κ2) is 22.3. The van der Waals surface area contributed by atoms with Gasteiger partial charge < -0.3 is 34.8 Å². The Morgan fingerprint density at radius 2 is 1.54 bits per heavy atom. The third-order valence-electron chi connectivity index (χ3n) is 8.39. The minimum atomic E-state index is -5.61. The number of H-pyrrole nitrogens is 1. The fourth-order valence-electron chi connectivity index (χ4n) is 5.34. The van der Waals surface area contributed by atoms with E-state index in [-0.39, 0.29) is 22.9 Å². The molecule has 1 aliphatic heterocycles. The first kappa shape index (κ1) is 45.2. The van der Waals surface area contributed by atoms with Crippen molar-refractivity contribution in [2.24, 2.45) is 0 Å². The van der Waals surface area contributed by atoms with E-state index in [4.69, 9.17) is 9.79 Å². The lowest BCUT2D eigenvalue weighted by molar-refractivity contribution is -0.133. The molecule has 54 heavy (non-hydrogen) atoms. The van der Waals surface area contributed by atoms with Crippen molar-refractivity contribution in [1.82, 2.24) is 20.1 Å². The molecule has 0 bridgehead atoms. The number of halogens is 2.